The number of unbranched alkanes of at least 4 members (excludes halogenated alkanes) is 4. The lowest BCUT2D eigenvalue weighted by atomic mass is 9.91. The first-order valence-corrected chi connectivity index (χ1v) is 17.9. The molecule has 4 atom stereocenters. The summed E-state index contributed by atoms with van der Waals surface area (Å²) >= 11 is 0. The van der Waals surface area contributed by atoms with Crippen LogP contribution in [0.1, 0.15) is 100 Å². The van der Waals surface area contributed by atoms with Gasteiger partial charge in [-0.25, -0.2) is 9.59 Å². The lowest BCUT2D eigenvalue weighted by Crippen LogP contribution is -2.49. The second kappa shape index (κ2) is 18.7. The van der Waals surface area contributed by atoms with E-state index in [1.165, 1.54) is 29.2 Å². The number of aliphatic hydroxyl groups is 1. The molecule has 14 heteroatoms. The molecule has 1 aromatic carbocycles. The number of alkyl halides is 3. The van der Waals surface area contributed by atoms with Crippen LogP contribution < -0.4 is 5.32 Å². The third kappa shape index (κ3) is 11.4. The van der Waals surface area contributed by atoms with E-state index in [2.05, 4.69) is 23.9 Å². The molecule has 0 spiro atoms. The minimum Gasteiger partial charge on any atom is -0.456 e. The maximum absolute atomic E-state index is 14.0. The van der Waals surface area contributed by atoms with E-state index in [1.54, 1.807) is 12.1 Å². The summed E-state index contributed by atoms with van der Waals surface area (Å²) in [5.74, 6) is -3.56. The Morgan fingerprint density at radius 2 is 1.80 bits per heavy atom. The SMILES string of the molecule is CCCCCC1(CCCCC)OC2C=C(C(=O)N3CCCC3C(=O)NCCO)CC(OC(=O)c3cccc(C=CC(=O)OCC(F)(F)F)c3)C2O1. The van der Waals surface area contributed by atoms with Crippen molar-refractivity contribution in [2.24, 2.45) is 0 Å². The average Bonchev–Trinajstić information content (AvgIpc) is 3.74. The molecule has 1 aromatic rings. The predicted molar refractivity (Wildman–Crippen MR) is 180 cm³/mol. The number of esters is 2. The third-order valence-corrected chi connectivity index (χ3v) is 9.17. The molecule has 11 nitrogen and oxygen atoms in total. The number of fused-ring (bicyclic) bond motifs is 1. The van der Waals surface area contributed by atoms with Crippen LogP contribution in [0.4, 0.5) is 13.2 Å². The van der Waals surface area contributed by atoms with Crippen LogP contribution in [0.3, 0.4) is 0 Å². The molecule has 2 heterocycles. The molecule has 0 radical (unpaired) electrons. The minimum absolute atomic E-state index is 0.0151. The fourth-order valence-corrected chi connectivity index (χ4v) is 6.69. The van der Waals surface area contributed by atoms with Crippen molar-refractivity contribution >= 4 is 29.8 Å². The molecule has 0 bridgehead atoms. The molecule has 0 aromatic heterocycles. The Morgan fingerprint density at radius 1 is 1.08 bits per heavy atom. The van der Waals surface area contributed by atoms with Crippen LogP contribution in [0.5, 0.6) is 0 Å². The maximum atomic E-state index is 14.0. The van der Waals surface area contributed by atoms with E-state index in [4.69, 9.17) is 19.3 Å². The van der Waals surface area contributed by atoms with Gasteiger partial charge >= 0.3 is 18.1 Å². The topological polar surface area (TPSA) is 141 Å². The van der Waals surface area contributed by atoms with Crippen molar-refractivity contribution in [3.05, 3.63) is 53.1 Å². The van der Waals surface area contributed by atoms with Crippen LogP contribution in [0.2, 0.25) is 0 Å². The zero-order chi connectivity index (χ0) is 37.0. The van der Waals surface area contributed by atoms with E-state index in [9.17, 15) is 32.3 Å². The number of carbonyl (C=O) groups excluding carboxylic acids is 4. The second-order valence-corrected chi connectivity index (χ2v) is 13.2. The van der Waals surface area contributed by atoms with Gasteiger partial charge in [-0.1, -0.05) is 51.7 Å². The summed E-state index contributed by atoms with van der Waals surface area (Å²) in [4.78, 5) is 53.8. The number of amides is 2. The molecule has 1 aliphatic carbocycles. The van der Waals surface area contributed by atoms with Crippen molar-refractivity contribution < 1.29 is 56.4 Å². The molecule has 2 saturated heterocycles. The number of carbonyl (C=O) groups is 4. The maximum Gasteiger partial charge on any atom is 0.422 e. The normalized spacial score (nSPS) is 22.8. The first kappa shape index (κ1) is 40.0. The monoisotopic (exact) mass is 722 g/mol. The molecule has 2 fully saturated rings. The first-order chi connectivity index (χ1) is 24.4. The van der Waals surface area contributed by atoms with Gasteiger partial charge in [-0.2, -0.15) is 13.2 Å². The number of rotatable bonds is 17. The van der Waals surface area contributed by atoms with Crippen LogP contribution in [0.25, 0.3) is 6.08 Å². The Kier molecular flexibility index (Phi) is 14.6. The highest BCUT2D eigenvalue weighted by Crippen LogP contribution is 2.43. The molecule has 0 saturated carbocycles. The van der Waals surface area contributed by atoms with E-state index >= 15 is 0 Å². The summed E-state index contributed by atoms with van der Waals surface area (Å²) in [7, 11) is 0. The molecule has 3 aliphatic rings. The average molecular weight is 723 g/mol. The molecular formula is C37H49F3N2O9. The molecule has 4 rings (SSSR count). The van der Waals surface area contributed by atoms with Crippen molar-refractivity contribution in [1.29, 1.82) is 0 Å². The standard InChI is InChI=1S/C37H49F3N2O9/c1-3-5-7-16-36(17-8-6-4-2)50-30-23-27(34(46)42-19-10-13-28(42)33(45)41-18-20-43)22-29(32(30)51-36)49-35(47)26-12-9-11-25(21-26)14-15-31(44)48-24-37(38,39)40/h9,11-12,14-15,21,23,28-30,32,43H,3-8,10,13,16-20,22,24H2,1-2H3,(H,41,45). The Morgan fingerprint density at radius 3 is 2.47 bits per heavy atom. The van der Waals surface area contributed by atoms with E-state index in [-0.39, 0.29) is 37.0 Å². The number of nitrogens with zero attached hydrogens (tertiary/aromatic N) is 1. The highest BCUT2D eigenvalue weighted by molar-refractivity contribution is 5.98. The van der Waals surface area contributed by atoms with Gasteiger partial charge in [0.2, 0.25) is 11.8 Å². The lowest BCUT2D eigenvalue weighted by molar-refractivity contribution is -0.190. The largest absolute Gasteiger partial charge is 0.456 e. The molecule has 2 aliphatic heterocycles. The fraction of sp³-hybridized carbons (Fsp3) is 0.622. The van der Waals surface area contributed by atoms with Crippen molar-refractivity contribution in [3.63, 3.8) is 0 Å². The number of benzene rings is 1. The quantitative estimate of drug-likeness (QED) is 0.123. The van der Waals surface area contributed by atoms with Gasteiger partial charge in [0.05, 0.1) is 12.2 Å². The van der Waals surface area contributed by atoms with E-state index < -0.39 is 54.9 Å². The second-order valence-electron chi connectivity index (χ2n) is 13.2. The van der Waals surface area contributed by atoms with Gasteiger partial charge in [-0.3, -0.25) is 9.59 Å². The van der Waals surface area contributed by atoms with Gasteiger partial charge in [-0.05, 0) is 55.5 Å². The summed E-state index contributed by atoms with van der Waals surface area (Å²) in [5, 5.41) is 11.8. The highest BCUT2D eigenvalue weighted by atomic mass is 19.4. The van der Waals surface area contributed by atoms with Gasteiger partial charge in [0, 0.05) is 44.0 Å². The summed E-state index contributed by atoms with van der Waals surface area (Å²) in [6, 6.07) is 5.30. The number of hydrogen-bond acceptors (Lipinski definition) is 9. The van der Waals surface area contributed by atoms with Crippen LogP contribution in [-0.2, 0) is 33.3 Å². The third-order valence-electron chi connectivity index (χ3n) is 9.17. The van der Waals surface area contributed by atoms with Crippen molar-refractivity contribution in [3.8, 4) is 0 Å². The lowest BCUT2D eigenvalue weighted by Gasteiger charge is -2.33. The summed E-state index contributed by atoms with van der Waals surface area (Å²) in [5.41, 5.74) is 0.791. The number of likely N-dealkylation sites (tertiary alicyclic amines) is 1. The van der Waals surface area contributed by atoms with E-state index in [1.807, 2.05) is 0 Å². The van der Waals surface area contributed by atoms with Crippen molar-refractivity contribution in [2.75, 3.05) is 26.3 Å². The number of hydrogen-bond donors (Lipinski definition) is 2. The summed E-state index contributed by atoms with van der Waals surface area (Å²) < 4.78 is 60.8. The number of aliphatic hydroxyl groups excluding tert-OH is 1. The predicted octanol–water partition coefficient (Wildman–Crippen LogP) is 5.40. The first-order valence-electron chi connectivity index (χ1n) is 17.9. The van der Waals surface area contributed by atoms with Crippen LogP contribution in [0.15, 0.2) is 42.0 Å². The Bertz CT molecular complexity index is 1420. The number of nitrogens with one attached hydrogen (secondary N) is 1. The minimum atomic E-state index is -4.66. The molecule has 51 heavy (non-hydrogen) atoms. The molecule has 2 N–H and O–H groups in total. The van der Waals surface area contributed by atoms with E-state index in [0.717, 1.165) is 44.6 Å². The fourth-order valence-electron chi connectivity index (χ4n) is 6.69. The summed E-state index contributed by atoms with van der Waals surface area (Å²) in [6.07, 6.45) is 4.90. The van der Waals surface area contributed by atoms with Crippen LogP contribution in [0, 0.1) is 0 Å². The number of ether oxygens (including phenoxy) is 4. The Hall–Kier alpha value is -3.75. The molecule has 282 valence electrons. The van der Waals surface area contributed by atoms with Gasteiger partial charge in [0.1, 0.15) is 24.4 Å². The Balaban J connectivity index is 1.57. The van der Waals surface area contributed by atoms with Crippen molar-refractivity contribution in [1.82, 2.24) is 10.2 Å². The summed E-state index contributed by atoms with van der Waals surface area (Å²) in [6.45, 7) is 2.71. The number of halogens is 3. The van der Waals surface area contributed by atoms with Crippen LogP contribution in [-0.4, -0.2) is 96.4 Å². The Labute approximate surface area is 296 Å². The smallest absolute Gasteiger partial charge is 0.422 e. The highest BCUT2D eigenvalue weighted by Gasteiger charge is 2.53. The van der Waals surface area contributed by atoms with Crippen molar-refractivity contribution in [2.45, 2.75) is 121 Å². The van der Waals surface area contributed by atoms with Gasteiger partial charge in [0.25, 0.3) is 0 Å². The van der Waals surface area contributed by atoms with Gasteiger partial charge in [0.15, 0.2) is 12.4 Å². The van der Waals surface area contributed by atoms with Gasteiger partial charge < -0.3 is 34.3 Å². The zero-order valence-corrected chi connectivity index (χ0v) is 29.3. The molecule has 2 amide bonds. The van der Waals surface area contributed by atoms with E-state index in [0.29, 0.717) is 43.4 Å². The molecular weight excluding hydrogens is 673 g/mol. The van der Waals surface area contributed by atoms with Gasteiger partial charge in [-0.15, -0.1) is 0 Å². The zero-order valence-electron chi connectivity index (χ0n) is 29.3. The molecule has 4 unspecified atom stereocenters. The van der Waals surface area contributed by atoms with Crippen LogP contribution >= 0.6 is 0 Å².